The van der Waals surface area contributed by atoms with Gasteiger partial charge in [0.05, 0.1) is 6.20 Å². The summed E-state index contributed by atoms with van der Waals surface area (Å²) in [6.07, 6.45) is 4.87. The van der Waals surface area contributed by atoms with Gasteiger partial charge in [0.2, 0.25) is 5.88 Å². The number of hydrogen-bond donors (Lipinski definition) is 1. The van der Waals surface area contributed by atoms with Crippen molar-refractivity contribution in [1.29, 1.82) is 0 Å². The smallest absolute Gasteiger partial charge is 0.339 e. The van der Waals surface area contributed by atoms with Gasteiger partial charge in [0, 0.05) is 12.4 Å². The van der Waals surface area contributed by atoms with Crippen molar-refractivity contribution in [2.24, 2.45) is 0 Å². The second-order valence-electron chi connectivity index (χ2n) is 4.25. The predicted octanol–water partition coefficient (Wildman–Crippen LogP) is 2.53. The highest BCUT2D eigenvalue weighted by Crippen LogP contribution is 2.30. The van der Waals surface area contributed by atoms with Crippen LogP contribution in [0.5, 0.6) is 11.6 Å². The van der Waals surface area contributed by atoms with E-state index in [1.807, 2.05) is 0 Å². The van der Waals surface area contributed by atoms with E-state index in [0.29, 0.717) is 17.1 Å². The van der Waals surface area contributed by atoms with E-state index >= 15 is 0 Å². The van der Waals surface area contributed by atoms with Crippen LogP contribution in [0.1, 0.15) is 15.9 Å². The van der Waals surface area contributed by atoms with Gasteiger partial charge < -0.3 is 9.84 Å². The first-order chi connectivity index (χ1) is 9.66. The van der Waals surface area contributed by atoms with Gasteiger partial charge >= 0.3 is 5.97 Å². The average Bonchev–Trinajstić information content (AvgIpc) is 2.90. The first kappa shape index (κ1) is 12.2. The number of carbonyl (C=O) groups is 1. The maximum Gasteiger partial charge on any atom is 0.339 e. The van der Waals surface area contributed by atoms with Crippen molar-refractivity contribution in [2.75, 3.05) is 0 Å². The molecule has 1 aromatic carbocycles. The molecule has 0 aliphatic rings. The molecular weight excluding hydrogens is 258 g/mol. The monoisotopic (exact) mass is 269 g/mol. The van der Waals surface area contributed by atoms with Crippen LogP contribution >= 0.6 is 0 Å². The molecule has 0 unspecified atom stereocenters. The van der Waals surface area contributed by atoms with Gasteiger partial charge in [-0.1, -0.05) is 12.1 Å². The fraction of sp³-hybridized carbons (Fsp3) is 0.0714. The van der Waals surface area contributed by atoms with Crippen LogP contribution in [-0.4, -0.2) is 25.7 Å². The molecule has 0 radical (unpaired) electrons. The molecule has 0 aliphatic carbocycles. The summed E-state index contributed by atoms with van der Waals surface area (Å²) in [5, 5.41) is 13.3. The van der Waals surface area contributed by atoms with Crippen molar-refractivity contribution in [3.8, 4) is 11.6 Å². The van der Waals surface area contributed by atoms with Gasteiger partial charge in [-0.05, 0) is 24.6 Å². The lowest BCUT2D eigenvalue weighted by atomic mass is 10.1. The molecule has 2 aromatic heterocycles. The summed E-state index contributed by atoms with van der Waals surface area (Å²) in [6, 6.07) is 6.72. The zero-order chi connectivity index (χ0) is 14.1. The standard InChI is InChI=1S/C14H11N3O3/c1-9-3-2-4-10(14(18)19)12(9)20-13-11-5-6-16-17(11)8-7-15-13/h2-8H,1H3,(H,18,19). The van der Waals surface area contributed by atoms with Crippen LogP contribution < -0.4 is 4.74 Å². The van der Waals surface area contributed by atoms with Crippen molar-refractivity contribution >= 4 is 11.5 Å². The van der Waals surface area contributed by atoms with Crippen LogP contribution in [0.3, 0.4) is 0 Å². The lowest BCUT2D eigenvalue weighted by molar-refractivity contribution is 0.0694. The Hall–Kier alpha value is -2.89. The maximum atomic E-state index is 11.3. The molecular formula is C14H11N3O3. The molecule has 0 atom stereocenters. The summed E-state index contributed by atoms with van der Waals surface area (Å²) >= 11 is 0. The van der Waals surface area contributed by atoms with E-state index in [9.17, 15) is 9.90 Å². The Labute approximate surface area is 114 Å². The summed E-state index contributed by atoms with van der Waals surface area (Å²) in [6.45, 7) is 1.79. The van der Waals surface area contributed by atoms with Crippen LogP contribution in [0, 0.1) is 6.92 Å². The topological polar surface area (TPSA) is 76.7 Å². The van der Waals surface area contributed by atoms with Crippen molar-refractivity contribution in [3.63, 3.8) is 0 Å². The molecule has 1 N–H and O–H groups in total. The predicted molar refractivity (Wildman–Crippen MR) is 71.2 cm³/mol. The zero-order valence-electron chi connectivity index (χ0n) is 10.6. The first-order valence-corrected chi connectivity index (χ1v) is 5.96. The molecule has 3 rings (SSSR count). The van der Waals surface area contributed by atoms with Gasteiger partial charge in [0.15, 0.2) is 0 Å². The molecule has 2 heterocycles. The molecule has 0 fully saturated rings. The zero-order valence-corrected chi connectivity index (χ0v) is 10.6. The largest absolute Gasteiger partial charge is 0.478 e. The second-order valence-corrected chi connectivity index (χ2v) is 4.25. The Morgan fingerprint density at radius 3 is 2.95 bits per heavy atom. The van der Waals surface area contributed by atoms with Crippen LogP contribution in [0.15, 0.2) is 42.9 Å². The Morgan fingerprint density at radius 2 is 2.15 bits per heavy atom. The van der Waals surface area contributed by atoms with Crippen molar-refractivity contribution in [1.82, 2.24) is 14.6 Å². The number of hydrogen-bond acceptors (Lipinski definition) is 4. The summed E-state index contributed by atoms with van der Waals surface area (Å²) in [7, 11) is 0. The lowest BCUT2D eigenvalue weighted by Crippen LogP contribution is -2.03. The third-order valence-electron chi connectivity index (χ3n) is 2.93. The van der Waals surface area contributed by atoms with Crippen molar-refractivity contribution in [3.05, 3.63) is 54.0 Å². The van der Waals surface area contributed by atoms with Gasteiger partial charge in [-0.15, -0.1) is 0 Å². The molecule has 100 valence electrons. The Kier molecular flexibility index (Phi) is 2.83. The molecule has 0 saturated heterocycles. The number of ether oxygens (including phenoxy) is 1. The van der Waals surface area contributed by atoms with Gasteiger partial charge in [-0.2, -0.15) is 5.10 Å². The molecule has 0 bridgehead atoms. The number of benzene rings is 1. The molecule has 6 heteroatoms. The van der Waals surface area contributed by atoms with E-state index in [-0.39, 0.29) is 5.56 Å². The highest BCUT2D eigenvalue weighted by Gasteiger charge is 2.16. The van der Waals surface area contributed by atoms with Crippen LogP contribution in [0.2, 0.25) is 0 Å². The molecule has 20 heavy (non-hydrogen) atoms. The molecule has 0 spiro atoms. The van der Waals surface area contributed by atoms with E-state index in [0.717, 1.165) is 5.56 Å². The third kappa shape index (κ3) is 1.97. The lowest BCUT2D eigenvalue weighted by Gasteiger charge is -2.11. The van der Waals surface area contributed by atoms with Gasteiger partial charge in [0.1, 0.15) is 16.8 Å². The number of rotatable bonds is 3. The minimum Gasteiger partial charge on any atom is -0.478 e. The fourth-order valence-corrected chi connectivity index (χ4v) is 1.96. The van der Waals surface area contributed by atoms with Gasteiger partial charge in [-0.3, -0.25) is 0 Å². The quantitative estimate of drug-likeness (QED) is 0.790. The summed E-state index contributed by atoms with van der Waals surface area (Å²) < 4.78 is 7.33. The van der Waals surface area contributed by atoms with Crippen molar-refractivity contribution < 1.29 is 14.6 Å². The Morgan fingerprint density at radius 1 is 1.30 bits per heavy atom. The summed E-state index contributed by atoms with van der Waals surface area (Å²) in [4.78, 5) is 15.4. The summed E-state index contributed by atoms with van der Waals surface area (Å²) in [5.74, 6) is -0.423. The number of carboxylic acid groups (broad SMARTS) is 1. The maximum absolute atomic E-state index is 11.3. The summed E-state index contributed by atoms with van der Waals surface area (Å²) in [5.41, 5.74) is 1.51. The van der Waals surface area contributed by atoms with Crippen LogP contribution in [-0.2, 0) is 0 Å². The second kappa shape index (κ2) is 4.65. The van der Waals surface area contributed by atoms with Crippen molar-refractivity contribution in [2.45, 2.75) is 6.92 Å². The minimum atomic E-state index is -1.04. The van der Waals surface area contributed by atoms with E-state index < -0.39 is 5.97 Å². The fourth-order valence-electron chi connectivity index (χ4n) is 1.96. The number of aryl methyl sites for hydroxylation is 1. The van der Waals surface area contributed by atoms with Crippen LogP contribution in [0.4, 0.5) is 0 Å². The number of nitrogens with zero attached hydrogens (tertiary/aromatic N) is 3. The van der Waals surface area contributed by atoms with E-state index in [1.165, 1.54) is 6.07 Å². The van der Waals surface area contributed by atoms with E-state index in [1.54, 1.807) is 48.2 Å². The van der Waals surface area contributed by atoms with Gasteiger partial charge in [-0.25, -0.2) is 14.3 Å². The molecule has 0 amide bonds. The minimum absolute atomic E-state index is 0.105. The SMILES string of the molecule is Cc1cccc(C(=O)O)c1Oc1nccn2nccc12. The number of aromatic carboxylic acids is 1. The molecule has 0 aliphatic heterocycles. The average molecular weight is 269 g/mol. The Balaban J connectivity index is 2.12. The Bertz CT molecular complexity index is 795. The van der Waals surface area contributed by atoms with E-state index in [2.05, 4.69) is 10.1 Å². The number of carboxylic acids is 1. The third-order valence-corrected chi connectivity index (χ3v) is 2.93. The van der Waals surface area contributed by atoms with Crippen LogP contribution in [0.25, 0.3) is 5.52 Å². The highest BCUT2D eigenvalue weighted by molar-refractivity contribution is 5.91. The van der Waals surface area contributed by atoms with E-state index in [4.69, 9.17) is 4.74 Å². The normalized spacial score (nSPS) is 10.7. The molecule has 0 saturated carbocycles. The number of fused-ring (bicyclic) bond motifs is 1. The first-order valence-electron chi connectivity index (χ1n) is 5.96. The number of aromatic nitrogens is 3. The van der Waals surface area contributed by atoms with Gasteiger partial charge in [0.25, 0.3) is 0 Å². The number of para-hydroxylation sites is 1. The molecule has 3 aromatic rings. The highest BCUT2D eigenvalue weighted by atomic mass is 16.5. The molecule has 6 nitrogen and oxygen atoms in total.